The molecule has 6 nitrogen and oxygen atoms in total. The molecule has 0 saturated carbocycles. The molecule has 2 heterocycles. The van der Waals surface area contributed by atoms with Crippen LogP contribution in [0.25, 0.3) is 16.5 Å². The van der Waals surface area contributed by atoms with Crippen LogP contribution in [0.4, 0.5) is 5.69 Å². The first-order valence-corrected chi connectivity index (χ1v) is 12.1. The number of aliphatic hydroxyl groups excluding tert-OH is 1. The zero-order valence-corrected chi connectivity index (χ0v) is 21.2. The third-order valence-corrected chi connectivity index (χ3v) is 6.79. The number of rotatable bonds is 4. The summed E-state index contributed by atoms with van der Waals surface area (Å²) in [5.41, 5.74) is 2.30. The number of anilines is 1. The molecule has 1 aromatic heterocycles. The van der Waals surface area contributed by atoms with E-state index >= 15 is 0 Å². The van der Waals surface area contributed by atoms with Crippen molar-refractivity contribution in [3.8, 4) is 5.75 Å². The molecule has 3 aromatic carbocycles. The van der Waals surface area contributed by atoms with Gasteiger partial charge in [-0.3, -0.25) is 19.5 Å². The number of carbonyl (C=O) groups is 2. The van der Waals surface area contributed by atoms with Gasteiger partial charge in [0, 0.05) is 17.8 Å². The molecule has 0 radical (unpaired) electrons. The van der Waals surface area contributed by atoms with Gasteiger partial charge in [-0.25, -0.2) is 0 Å². The molecule has 0 bridgehead atoms. The van der Waals surface area contributed by atoms with Crippen LogP contribution in [0.15, 0.2) is 90.8 Å². The Morgan fingerprint density at radius 3 is 2.43 bits per heavy atom. The van der Waals surface area contributed by atoms with Crippen molar-refractivity contribution in [2.75, 3.05) is 12.0 Å². The molecule has 0 spiro atoms. The van der Waals surface area contributed by atoms with Crippen LogP contribution in [-0.4, -0.2) is 28.9 Å². The van der Waals surface area contributed by atoms with E-state index in [0.717, 1.165) is 16.3 Å². The Kier molecular flexibility index (Phi) is 6.04. The lowest BCUT2D eigenvalue weighted by molar-refractivity contribution is -0.132. The van der Waals surface area contributed by atoms with E-state index in [9.17, 15) is 14.7 Å². The highest BCUT2D eigenvalue weighted by molar-refractivity contribution is 6.52. The number of benzene rings is 3. The predicted molar refractivity (Wildman–Crippen MR) is 145 cm³/mol. The number of hydrogen-bond acceptors (Lipinski definition) is 5. The Bertz CT molecular complexity index is 1550. The summed E-state index contributed by atoms with van der Waals surface area (Å²) in [6, 6.07) is 21.5. The summed E-state index contributed by atoms with van der Waals surface area (Å²) in [6.07, 6.45) is 3.24. The minimum absolute atomic E-state index is 0.00436. The largest absolute Gasteiger partial charge is 0.507 e. The number of ether oxygens (including phenoxy) is 1. The van der Waals surface area contributed by atoms with Gasteiger partial charge in [0.15, 0.2) is 0 Å². The Hall–Kier alpha value is -4.45. The number of nitrogens with zero attached hydrogens (tertiary/aromatic N) is 2. The molecule has 186 valence electrons. The van der Waals surface area contributed by atoms with Gasteiger partial charge in [-0.1, -0.05) is 69.3 Å². The van der Waals surface area contributed by atoms with E-state index in [1.165, 1.54) is 12.0 Å². The van der Waals surface area contributed by atoms with Crippen molar-refractivity contribution in [3.63, 3.8) is 0 Å². The van der Waals surface area contributed by atoms with Gasteiger partial charge in [-0.2, -0.15) is 0 Å². The monoisotopic (exact) mass is 492 g/mol. The molecule has 5 rings (SSSR count). The van der Waals surface area contributed by atoms with Crippen molar-refractivity contribution in [2.24, 2.45) is 0 Å². The van der Waals surface area contributed by atoms with E-state index < -0.39 is 17.7 Å². The summed E-state index contributed by atoms with van der Waals surface area (Å²) in [7, 11) is 1.51. The number of aromatic nitrogens is 1. The number of methoxy groups -OCH3 is 1. The summed E-state index contributed by atoms with van der Waals surface area (Å²) < 4.78 is 5.55. The molecule has 1 N–H and O–H groups in total. The van der Waals surface area contributed by atoms with Crippen molar-refractivity contribution in [2.45, 2.75) is 32.2 Å². The maximum atomic E-state index is 13.6. The molecule has 1 fully saturated rings. The Morgan fingerprint density at radius 2 is 1.73 bits per heavy atom. The average molecular weight is 493 g/mol. The smallest absolute Gasteiger partial charge is 0.300 e. The molecule has 1 atom stereocenters. The van der Waals surface area contributed by atoms with Crippen LogP contribution in [0.2, 0.25) is 0 Å². The van der Waals surface area contributed by atoms with Crippen LogP contribution >= 0.6 is 0 Å². The van der Waals surface area contributed by atoms with Gasteiger partial charge >= 0.3 is 0 Å². The minimum atomic E-state index is -0.873. The molecular formula is C31H28N2O4. The SMILES string of the molecule is COc1ccc(C(C)(C)C)cc1/C(O)=C1\C(=O)C(=O)N(c2cccc3ccccc23)C1c1cccnc1. The number of amides is 1. The van der Waals surface area contributed by atoms with Gasteiger partial charge in [0.1, 0.15) is 11.5 Å². The molecule has 6 heteroatoms. The lowest BCUT2D eigenvalue weighted by atomic mass is 9.85. The first kappa shape index (κ1) is 24.3. The third kappa shape index (κ3) is 4.14. The number of ketones is 1. The minimum Gasteiger partial charge on any atom is -0.507 e. The second kappa shape index (κ2) is 9.21. The summed E-state index contributed by atoms with van der Waals surface area (Å²) >= 11 is 0. The van der Waals surface area contributed by atoms with Gasteiger partial charge in [0.25, 0.3) is 11.7 Å². The molecule has 1 aliphatic rings. The molecule has 0 aliphatic carbocycles. The van der Waals surface area contributed by atoms with E-state index in [1.54, 1.807) is 30.6 Å². The molecule has 1 aliphatic heterocycles. The van der Waals surface area contributed by atoms with E-state index in [4.69, 9.17) is 4.74 Å². The average Bonchev–Trinajstić information content (AvgIpc) is 3.17. The van der Waals surface area contributed by atoms with Crippen LogP contribution in [0.5, 0.6) is 5.75 Å². The van der Waals surface area contributed by atoms with E-state index in [0.29, 0.717) is 22.6 Å². The highest BCUT2D eigenvalue weighted by Crippen LogP contribution is 2.45. The fraction of sp³-hybridized carbons (Fsp3) is 0.194. The highest BCUT2D eigenvalue weighted by Gasteiger charge is 2.47. The standard InChI is InChI=1S/C31H28N2O4/c1-31(2,3)21-14-15-25(37-4)23(17-21)28(34)26-27(20-11-8-16-32-18-20)33(30(36)29(26)35)24-13-7-10-19-9-5-6-12-22(19)24/h5-18,27,34H,1-4H3/b28-26+. The normalized spacial score (nSPS) is 17.4. The quantitative estimate of drug-likeness (QED) is 0.209. The van der Waals surface area contributed by atoms with Gasteiger partial charge in [0.05, 0.1) is 30.0 Å². The summed E-state index contributed by atoms with van der Waals surface area (Å²) in [5.74, 6) is -1.34. The maximum absolute atomic E-state index is 13.6. The molecule has 1 amide bonds. The number of pyridine rings is 1. The molecular weight excluding hydrogens is 464 g/mol. The number of fused-ring (bicyclic) bond motifs is 1. The first-order valence-electron chi connectivity index (χ1n) is 12.1. The fourth-order valence-electron chi connectivity index (χ4n) is 4.86. The Morgan fingerprint density at radius 1 is 0.973 bits per heavy atom. The van der Waals surface area contributed by atoms with E-state index in [2.05, 4.69) is 25.8 Å². The zero-order chi connectivity index (χ0) is 26.3. The van der Waals surface area contributed by atoms with Crippen LogP contribution in [0.3, 0.4) is 0 Å². The van der Waals surface area contributed by atoms with Crippen molar-refractivity contribution < 1.29 is 19.4 Å². The molecule has 37 heavy (non-hydrogen) atoms. The molecule has 4 aromatic rings. The van der Waals surface area contributed by atoms with Crippen molar-refractivity contribution >= 4 is 33.9 Å². The van der Waals surface area contributed by atoms with Crippen LogP contribution < -0.4 is 9.64 Å². The van der Waals surface area contributed by atoms with Crippen LogP contribution in [0.1, 0.15) is 43.5 Å². The number of carbonyl (C=O) groups excluding carboxylic acids is 2. The van der Waals surface area contributed by atoms with Gasteiger partial charge in [0.2, 0.25) is 0 Å². The van der Waals surface area contributed by atoms with E-state index in [1.807, 2.05) is 54.6 Å². The first-order chi connectivity index (χ1) is 17.7. The summed E-state index contributed by atoms with van der Waals surface area (Å²) in [4.78, 5) is 33.0. The number of aliphatic hydroxyl groups is 1. The van der Waals surface area contributed by atoms with Crippen LogP contribution in [0, 0.1) is 0 Å². The fourth-order valence-corrected chi connectivity index (χ4v) is 4.86. The third-order valence-electron chi connectivity index (χ3n) is 6.79. The van der Waals surface area contributed by atoms with Crippen molar-refractivity contribution in [3.05, 3.63) is 107 Å². The Labute approximate surface area is 215 Å². The summed E-state index contributed by atoms with van der Waals surface area (Å²) in [5, 5.41) is 13.5. The Balaban J connectivity index is 1.79. The molecule has 1 unspecified atom stereocenters. The van der Waals surface area contributed by atoms with Gasteiger partial charge < -0.3 is 9.84 Å². The predicted octanol–water partition coefficient (Wildman–Crippen LogP) is 6.17. The zero-order valence-electron chi connectivity index (χ0n) is 21.2. The number of Topliss-reactive ketones (excluding diaryl/α,β-unsaturated/α-hetero) is 1. The summed E-state index contributed by atoms with van der Waals surface area (Å²) in [6.45, 7) is 6.19. The highest BCUT2D eigenvalue weighted by atomic mass is 16.5. The topological polar surface area (TPSA) is 79.7 Å². The lowest BCUT2D eigenvalue weighted by Crippen LogP contribution is -2.29. The lowest BCUT2D eigenvalue weighted by Gasteiger charge is -2.26. The molecule has 1 saturated heterocycles. The second-order valence-corrected chi connectivity index (χ2v) is 10.1. The second-order valence-electron chi connectivity index (χ2n) is 10.1. The van der Waals surface area contributed by atoms with E-state index in [-0.39, 0.29) is 16.7 Å². The van der Waals surface area contributed by atoms with Gasteiger partial charge in [-0.05, 0) is 46.2 Å². The van der Waals surface area contributed by atoms with Crippen LogP contribution in [-0.2, 0) is 15.0 Å². The van der Waals surface area contributed by atoms with Crippen molar-refractivity contribution in [1.82, 2.24) is 4.98 Å². The number of hydrogen-bond donors (Lipinski definition) is 1. The maximum Gasteiger partial charge on any atom is 0.300 e. The van der Waals surface area contributed by atoms with Crippen molar-refractivity contribution in [1.29, 1.82) is 0 Å². The van der Waals surface area contributed by atoms with Gasteiger partial charge in [-0.15, -0.1) is 0 Å².